The maximum absolute atomic E-state index is 4.63. The van der Waals surface area contributed by atoms with Crippen LogP contribution in [-0.4, -0.2) is 46.0 Å². The summed E-state index contributed by atoms with van der Waals surface area (Å²) in [6, 6.07) is 10.3. The molecule has 0 saturated carbocycles. The molecule has 0 saturated heterocycles. The topological polar surface area (TPSA) is 56.8 Å². The van der Waals surface area contributed by atoms with E-state index in [2.05, 4.69) is 63.3 Å². The largest absolute Gasteiger partial charge is 0.384 e. The van der Waals surface area contributed by atoms with E-state index in [9.17, 15) is 0 Å². The summed E-state index contributed by atoms with van der Waals surface area (Å²) in [6.45, 7) is 8.56. The number of hydrogen-bond donors (Lipinski definition) is 2. The first-order chi connectivity index (χ1) is 11.3. The second-order valence-corrected chi connectivity index (χ2v) is 5.51. The van der Waals surface area contributed by atoms with Gasteiger partial charge in [0, 0.05) is 30.5 Å². The van der Waals surface area contributed by atoms with Crippen LogP contribution in [0.5, 0.6) is 0 Å². The number of likely N-dealkylation sites (N-methyl/N-ethyl adjacent to an activating group) is 1. The maximum atomic E-state index is 4.63. The van der Waals surface area contributed by atoms with Crippen LogP contribution < -0.4 is 5.32 Å². The Balaban J connectivity index is 1.72. The maximum Gasteiger partial charge on any atom is 0.138 e. The summed E-state index contributed by atoms with van der Waals surface area (Å²) in [7, 11) is 0. The van der Waals surface area contributed by atoms with Crippen LogP contribution in [0.4, 0.5) is 5.69 Å². The molecule has 0 spiro atoms. The highest BCUT2D eigenvalue weighted by molar-refractivity contribution is 5.78. The monoisotopic (exact) mass is 309 g/mol. The molecule has 0 unspecified atom stereocenters. The Morgan fingerprint density at radius 1 is 1.17 bits per heavy atom. The predicted molar refractivity (Wildman–Crippen MR) is 95.6 cm³/mol. The molecule has 5 nitrogen and oxygen atoms in total. The van der Waals surface area contributed by atoms with Gasteiger partial charge in [0.1, 0.15) is 5.82 Å². The van der Waals surface area contributed by atoms with Gasteiger partial charge in [0.15, 0.2) is 0 Å². The number of H-pyrrole nitrogens is 1. The van der Waals surface area contributed by atoms with E-state index in [1.807, 2.05) is 6.07 Å². The third-order valence-corrected chi connectivity index (χ3v) is 4.07. The molecule has 3 aromatic rings. The first-order valence-corrected chi connectivity index (χ1v) is 8.16. The number of aromatic amines is 1. The molecule has 0 aliphatic carbocycles. The SMILES string of the molecule is CCN(CC)CCNc1cccc(-c2nc3ccncc3[nH]2)c1. The molecule has 0 radical (unpaired) electrons. The molecule has 0 bridgehead atoms. The molecular formula is C18H23N5. The number of rotatable bonds is 7. The average molecular weight is 309 g/mol. The zero-order valence-electron chi connectivity index (χ0n) is 13.7. The van der Waals surface area contributed by atoms with Crippen LogP contribution >= 0.6 is 0 Å². The summed E-state index contributed by atoms with van der Waals surface area (Å²) < 4.78 is 0. The normalized spacial score (nSPS) is 11.3. The minimum Gasteiger partial charge on any atom is -0.384 e. The van der Waals surface area contributed by atoms with Gasteiger partial charge in [-0.25, -0.2) is 4.98 Å². The minimum absolute atomic E-state index is 0.875. The summed E-state index contributed by atoms with van der Waals surface area (Å²) in [5.41, 5.74) is 4.10. The predicted octanol–water partition coefficient (Wildman–Crippen LogP) is 3.38. The molecule has 5 heteroatoms. The molecule has 0 aliphatic rings. The molecule has 2 N–H and O–H groups in total. The molecule has 3 rings (SSSR count). The Kier molecular flexibility index (Phi) is 4.88. The van der Waals surface area contributed by atoms with Crippen LogP contribution in [0.2, 0.25) is 0 Å². The van der Waals surface area contributed by atoms with Crippen molar-refractivity contribution in [3.8, 4) is 11.4 Å². The van der Waals surface area contributed by atoms with Gasteiger partial charge in [-0.1, -0.05) is 26.0 Å². The van der Waals surface area contributed by atoms with Gasteiger partial charge < -0.3 is 15.2 Å². The molecule has 0 aliphatic heterocycles. The zero-order chi connectivity index (χ0) is 16.1. The summed E-state index contributed by atoms with van der Waals surface area (Å²) in [4.78, 5) is 14.5. The standard InChI is InChI=1S/C18H23N5/c1-3-23(4-2)11-10-20-15-7-5-6-14(12-15)18-21-16-8-9-19-13-17(16)22-18/h5-9,12-13,20H,3-4,10-11H2,1-2H3,(H,21,22). The van der Waals surface area contributed by atoms with E-state index in [0.717, 1.165) is 54.3 Å². The van der Waals surface area contributed by atoms with Gasteiger partial charge in [-0.15, -0.1) is 0 Å². The molecule has 1 aromatic carbocycles. The molecule has 2 heterocycles. The lowest BCUT2D eigenvalue weighted by atomic mass is 10.2. The second kappa shape index (κ2) is 7.24. The van der Waals surface area contributed by atoms with Crippen LogP contribution in [0, 0.1) is 0 Å². The lowest BCUT2D eigenvalue weighted by Crippen LogP contribution is -2.28. The van der Waals surface area contributed by atoms with Gasteiger partial charge >= 0.3 is 0 Å². The third kappa shape index (κ3) is 3.68. The molecule has 2 aromatic heterocycles. The van der Waals surface area contributed by atoms with Crippen molar-refractivity contribution < 1.29 is 0 Å². The molecular weight excluding hydrogens is 286 g/mol. The third-order valence-electron chi connectivity index (χ3n) is 4.07. The van der Waals surface area contributed by atoms with E-state index in [4.69, 9.17) is 0 Å². The van der Waals surface area contributed by atoms with Gasteiger partial charge in [-0.3, -0.25) is 4.98 Å². The second-order valence-electron chi connectivity index (χ2n) is 5.51. The summed E-state index contributed by atoms with van der Waals surface area (Å²) in [5.74, 6) is 0.875. The number of imidazole rings is 1. The fraction of sp³-hybridized carbons (Fsp3) is 0.333. The quantitative estimate of drug-likeness (QED) is 0.702. The van der Waals surface area contributed by atoms with Crippen LogP contribution in [0.25, 0.3) is 22.4 Å². The number of benzene rings is 1. The van der Waals surface area contributed by atoms with Gasteiger partial charge in [0.25, 0.3) is 0 Å². The van der Waals surface area contributed by atoms with Crippen molar-refractivity contribution in [3.63, 3.8) is 0 Å². The lowest BCUT2D eigenvalue weighted by molar-refractivity contribution is 0.316. The first-order valence-electron chi connectivity index (χ1n) is 8.16. The van der Waals surface area contributed by atoms with Crippen molar-refractivity contribution in [3.05, 3.63) is 42.7 Å². The van der Waals surface area contributed by atoms with E-state index in [1.165, 1.54) is 0 Å². The Morgan fingerprint density at radius 2 is 2.04 bits per heavy atom. The smallest absolute Gasteiger partial charge is 0.138 e. The van der Waals surface area contributed by atoms with Crippen LogP contribution in [-0.2, 0) is 0 Å². The van der Waals surface area contributed by atoms with E-state index in [1.54, 1.807) is 12.4 Å². The van der Waals surface area contributed by atoms with Crippen LogP contribution in [0.3, 0.4) is 0 Å². The van der Waals surface area contributed by atoms with Gasteiger partial charge in [0.05, 0.1) is 17.2 Å². The Morgan fingerprint density at radius 3 is 2.83 bits per heavy atom. The van der Waals surface area contributed by atoms with Crippen molar-refractivity contribution >= 4 is 16.7 Å². The van der Waals surface area contributed by atoms with E-state index < -0.39 is 0 Å². The number of nitrogens with one attached hydrogen (secondary N) is 2. The fourth-order valence-corrected chi connectivity index (χ4v) is 2.67. The van der Waals surface area contributed by atoms with Crippen molar-refractivity contribution in [2.45, 2.75) is 13.8 Å². The van der Waals surface area contributed by atoms with Crippen molar-refractivity contribution in [2.24, 2.45) is 0 Å². The Bertz CT molecular complexity index is 728. The molecule has 0 amide bonds. The zero-order valence-corrected chi connectivity index (χ0v) is 13.7. The highest BCUT2D eigenvalue weighted by atomic mass is 15.1. The van der Waals surface area contributed by atoms with E-state index in [-0.39, 0.29) is 0 Å². The molecule has 23 heavy (non-hydrogen) atoms. The highest BCUT2D eigenvalue weighted by Crippen LogP contribution is 2.22. The van der Waals surface area contributed by atoms with E-state index in [0.29, 0.717) is 0 Å². The summed E-state index contributed by atoms with van der Waals surface area (Å²) >= 11 is 0. The average Bonchev–Trinajstić information content (AvgIpc) is 3.03. The van der Waals surface area contributed by atoms with Crippen molar-refractivity contribution in [2.75, 3.05) is 31.5 Å². The number of fused-ring (bicyclic) bond motifs is 1. The molecule has 0 atom stereocenters. The number of nitrogens with zero attached hydrogens (tertiary/aromatic N) is 3. The van der Waals surface area contributed by atoms with Crippen LogP contribution in [0.1, 0.15) is 13.8 Å². The minimum atomic E-state index is 0.875. The summed E-state index contributed by atoms with van der Waals surface area (Å²) in [6.07, 6.45) is 3.57. The number of anilines is 1. The number of aromatic nitrogens is 3. The Labute approximate surface area is 136 Å². The van der Waals surface area contributed by atoms with Crippen molar-refractivity contribution in [1.82, 2.24) is 19.9 Å². The van der Waals surface area contributed by atoms with E-state index >= 15 is 0 Å². The van der Waals surface area contributed by atoms with Crippen molar-refractivity contribution in [1.29, 1.82) is 0 Å². The molecule has 0 fully saturated rings. The number of hydrogen-bond acceptors (Lipinski definition) is 4. The highest BCUT2D eigenvalue weighted by Gasteiger charge is 2.06. The van der Waals surface area contributed by atoms with Gasteiger partial charge in [-0.2, -0.15) is 0 Å². The van der Waals surface area contributed by atoms with Crippen LogP contribution in [0.15, 0.2) is 42.7 Å². The first kappa shape index (κ1) is 15.5. The Hall–Kier alpha value is -2.40. The van der Waals surface area contributed by atoms with Gasteiger partial charge in [0.2, 0.25) is 0 Å². The summed E-state index contributed by atoms with van der Waals surface area (Å²) in [5, 5.41) is 3.49. The van der Waals surface area contributed by atoms with Gasteiger partial charge in [-0.05, 0) is 31.3 Å². The number of pyridine rings is 1. The fourth-order valence-electron chi connectivity index (χ4n) is 2.67. The molecule has 120 valence electrons. The lowest BCUT2D eigenvalue weighted by Gasteiger charge is -2.18.